The second-order valence-corrected chi connectivity index (χ2v) is 8.89. The van der Waals surface area contributed by atoms with Gasteiger partial charge in [-0.3, -0.25) is 4.68 Å². The molecule has 2 aromatic heterocycles. The largest absolute Gasteiger partial charge is 0.328 e. The maximum Gasteiger partial charge on any atom is 0.129 e. The van der Waals surface area contributed by atoms with Gasteiger partial charge in [0.2, 0.25) is 0 Å². The van der Waals surface area contributed by atoms with E-state index >= 15 is 0 Å². The highest BCUT2D eigenvalue weighted by atomic mass is 15.3. The molecule has 0 bridgehead atoms. The van der Waals surface area contributed by atoms with Gasteiger partial charge < -0.3 is 5.73 Å². The third kappa shape index (κ3) is 4.23. The van der Waals surface area contributed by atoms with Crippen LogP contribution in [0, 0.1) is 11.8 Å². The fourth-order valence-corrected chi connectivity index (χ4v) is 4.52. The van der Waals surface area contributed by atoms with Crippen LogP contribution in [0.4, 0.5) is 0 Å². The highest BCUT2D eigenvalue weighted by molar-refractivity contribution is 5.61. The van der Waals surface area contributed by atoms with E-state index in [1.807, 2.05) is 18.5 Å². The highest BCUT2D eigenvalue weighted by Gasteiger charge is 2.24. The minimum Gasteiger partial charge on any atom is -0.328 e. The van der Waals surface area contributed by atoms with E-state index in [1.54, 1.807) is 0 Å². The van der Waals surface area contributed by atoms with Gasteiger partial charge in [0.1, 0.15) is 5.82 Å². The number of nitrogens with zero attached hydrogens (tertiary/aromatic N) is 4. The lowest BCUT2D eigenvalue weighted by Gasteiger charge is -2.26. The summed E-state index contributed by atoms with van der Waals surface area (Å²) in [6.45, 7) is 4.42. The first-order chi connectivity index (χ1) is 13.1. The number of nitrogens with two attached hydrogens (primary N) is 1. The molecule has 4 rings (SSSR count). The van der Waals surface area contributed by atoms with Gasteiger partial charge in [-0.1, -0.05) is 19.3 Å². The lowest BCUT2D eigenvalue weighted by atomic mass is 9.81. The summed E-state index contributed by atoms with van der Waals surface area (Å²) in [5, 5.41) is 4.70. The molecule has 2 heterocycles. The van der Waals surface area contributed by atoms with Crippen LogP contribution in [0.3, 0.4) is 0 Å². The second-order valence-electron chi connectivity index (χ2n) is 8.89. The normalized spacial score (nSPS) is 23.6. The summed E-state index contributed by atoms with van der Waals surface area (Å²) < 4.78 is 2.19. The van der Waals surface area contributed by atoms with E-state index in [9.17, 15) is 0 Å². The molecule has 0 spiro atoms. The number of hydrogen-bond acceptors (Lipinski definition) is 4. The predicted molar refractivity (Wildman–Crippen MR) is 108 cm³/mol. The first-order valence-corrected chi connectivity index (χ1v) is 10.7. The zero-order chi connectivity index (χ0) is 18.8. The molecular weight excluding hydrogens is 334 g/mol. The van der Waals surface area contributed by atoms with Crippen LogP contribution in [0.5, 0.6) is 0 Å². The van der Waals surface area contributed by atoms with Crippen LogP contribution in [0.1, 0.15) is 76.4 Å². The molecule has 2 aliphatic rings. The van der Waals surface area contributed by atoms with Crippen molar-refractivity contribution in [3.63, 3.8) is 0 Å². The maximum absolute atomic E-state index is 6.05. The van der Waals surface area contributed by atoms with E-state index < -0.39 is 0 Å². The zero-order valence-electron chi connectivity index (χ0n) is 16.8. The van der Waals surface area contributed by atoms with Gasteiger partial charge in [-0.05, 0) is 63.9 Å². The molecule has 2 aliphatic carbocycles. The summed E-state index contributed by atoms with van der Waals surface area (Å²) >= 11 is 0. The standard InChI is InChI=1S/C22H33N5/c1-15(2)27-21(12-16-4-3-5-16)19(14-25-27)20-10-11-24-22(26-20)13-17-6-8-18(23)9-7-17/h10-11,14-18H,3-9,12-13,23H2,1-2H3. The van der Waals surface area contributed by atoms with Gasteiger partial charge in [0, 0.05) is 36.0 Å². The molecule has 5 nitrogen and oxygen atoms in total. The average molecular weight is 368 g/mol. The zero-order valence-corrected chi connectivity index (χ0v) is 16.8. The smallest absolute Gasteiger partial charge is 0.129 e. The number of rotatable bonds is 6. The van der Waals surface area contributed by atoms with E-state index in [0.29, 0.717) is 18.0 Å². The van der Waals surface area contributed by atoms with E-state index in [2.05, 4.69) is 23.5 Å². The van der Waals surface area contributed by atoms with Crippen LogP contribution in [-0.2, 0) is 12.8 Å². The average Bonchev–Trinajstić information content (AvgIpc) is 3.04. The summed E-state index contributed by atoms with van der Waals surface area (Å²) in [6.07, 6.45) is 14.8. The van der Waals surface area contributed by atoms with Gasteiger partial charge >= 0.3 is 0 Å². The quantitative estimate of drug-likeness (QED) is 0.825. The van der Waals surface area contributed by atoms with Crippen molar-refractivity contribution in [1.82, 2.24) is 19.7 Å². The maximum atomic E-state index is 6.05. The summed E-state index contributed by atoms with van der Waals surface area (Å²) in [6, 6.07) is 2.82. The van der Waals surface area contributed by atoms with Crippen molar-refractivity contribution in [3.05, 3.63) is 30.0 Å². The van der Waals surface area contributed by atoms with Crippen molar-refractivity contribution >= 4 is 0 Å². The molecule has 27 heavy (non-hydrogen) atoms. The number of hydrogen-bond donors (Lipinski definition) is 1. The molecule has 0 radical (unpaired) electrons. The third-order valence-corrected chi connectivity index (χ3v) is 6.44. The van der Waals surface area contributed by atoms with E-state index in [4.69, 9.17) is 15.8 Å². The van der Waals surface area contributed by atoms with Gasteiger partial charge in [0.05, 0.1) is 11.9 Å². The Morgan fingerprint density at radius 1 is 1.07 bits per heavy atom. The molecule has 0 aliphatic heterocycles. The van der Waals surface area contributed by atoms with Crippen LogP contribution in [0.25, 0.3) is 11.3 Å². The van der Waals surface area contributed by atoms with E-state index in [0.717, 1.165) is 43.1 Å². The van der Waals surface area contributed by atoms with Gasteiger partial charge in [0.15, 0.2) is 0 Å². The van der Waals surface area contributed by atoms with Gasteiger partial charge in [-0.15, -0.1) is 0 Å². The Morgan fingerprint density at radius 2 is 1.81 bits per heavy atom. The molecule has 2 fully saturated rings. The van der Waals surface area contributed by atoms with Crippen LogP contribution < -0.4 is 5.73 Å². The first-order valence-electron chi connectivity index (χ1n) is 10.7. The van der Waals surface area contributed by atoms with Gasteiger partial charge in [-0.2, -0.15) is 5.10 Å². The lowest BCUT2D eigenvalue weighted by Crippen LogP contribution is -2.27. The molecule has 0 aromatic carbocycles. The molecular formula is C22H33N5. The van der Waals surface area contributed by atoms with Crippen LogP contribution >= 0.6 is 0 Å². The number of aromatic nitrogens is 4. The highest BCUT2D eigenvalue weighted by Crippen LogP contribution is 2.34. The fourth-order valence-electron chi connectivity index (χ4n) is 4.52. The Labute approximate surface area is 162 Å². The van der Waals surface area contributed by atoms with E-state index in [-0.39, 0.29) is 0 Å². The molecule has 0 saturated heterocycles. The lowest BCUT2D eigenvalue weighted by molar-refractivity contribution is 0.305. The molecule has 2 aromatic rings. The molecule has 0 amide bonds. The first kappa shape index (κ1) is 18.6. The van der Waals surface area contributed by atoms with Crippen LogP contribution in [0.15, 0.2) is 18.5 Å². The van der Waals surface area contributed by atoms with E-state index in [1.165, 1.54) is 43.4 Å². The van der Waals surface area contributed by atoms with Crippen molar-refractivity contribution in [2.45, 2.75) is 83.7 Å². The van der Waals surface area contributed by atoms with Gasteiger partial charge in [0.25, 0.3) is 0 Å². The van der Waals surface area contributed by atoms with Crippen molar-refractivity contribution in [2.24, 2.45) is 17.6 Å². The summed E-state index contributed by atoms with van der Waals surface area (Å²) in [4.78, 5) is 9.51. The van der Waals surface area contributed by atoms with Crippen LogP contribution in [0.2, 0.25) is 0 Å². The molecule has 2 N–H and O–H groups in total. The van der Waals surface area contributed by atoms with Gasteiger partial charge in [-0.25, -0.2) is 9.97 Å². The molecule has 5 heteroatoms. The minimum atomic E-state index is 0.376. The summed E-state index contributed by atoms with van der Waals surface area (Å²) in [5.74, 6) is 2.46. The van der Waals surface area contributed by atoms with Crippen molar-refractivity contribution in [2.75, 3.05) is 0 Å². The van der Waals surface area contributed by atoms with Crippen LogP contribution in [-0.4, -0.2) is 25.8 Å². The molecule has 146 valence electrons. The fraction of sp³-hybridized carbons (Fsp3) is 0.682. The second kappa shape index (κ2) is 8.09. The van der Waals surface area contributed by atoms with Crippen molar-refractivity contribution < 1.29 is 0 Å². The Morgan fingerprint density at radius 3 is 2.48 bits per heavy atom. The topological polar surface area (TPSA) is 69.6 Å². The SMILES string of the molecule is CC(C)n1ncc(-c2ccnc(CC3CCC(N)CC3)n2)c1CC1CCC1. The summed E-state index contributed by atoms with van der Waals surface area (Å²) in [7, 11) is 0. The minimum absolute atomic E-state index is 0.376. The predicted octanol–water partition coefficient (Wildman–Crippen LogP) is 4.32. The third-order valence-electron chi connectivity index (χ3n) is 6.44. The Hall–Kier alpha value is -1.75. The van der Waals surface area contributed by atoms with Crippen molar-refractivity contribution in [3.8, 4) is 11.3 Å². The summed E-state index contributed by atoms with van der Waals surface area (Å²) in [5.41, 5.74) is 9.63. The monoisotopic (exact) mass is 367 g/mol. The Bertz CT molecular complexity index is 754. The Kier molecular flexibility index (Phi) is 5.58. The molecule has 0 unspecified atom stereocenters. The molecule has 2 saturated carbocycles. The molecule has 0 atom stereocenters. The van der Waals surface area contributed by atoms with Crippen molar-refractivity contribution in [1.29, 1.82) is 0 Å². The Balaban J connectivity index is 1.56.